The first-order chi connectivity index (χ1) is 6.63. The molecule has 1 aromatic heterocycles. The number of benzene rings is 1. The van der Waals surface area contributed by atoms with Crippen molar-refractivity contribution in [1.29, 1.82) is 0 Å². The Morgan fingerprint density at radius 1 is 1.50 bits per heavy atom. The molecule has 2 aromatic rings. The zero-order valence-corrected chi connectivity index (χ0v) is 9.38. The lowest BCUT2D eigenvalue weighted by Gasteiger charge is -2.02. The maximum atomic E-state index is 13.5. The summed E-state index contributed by atoms with van der Waals surface area (Å²) in [6.07, 6.45) is 0. The Morgan fingerprint density at radius 3 is 2.86 bits per heavy atom. The number of rotatable bonds is 1. The quantitative estimate of drug-likeness (QED) is 0.799. The second-order valence-corrected chi connectivity index (χ2v) is 4.80. The third-order valence-electron chi connectivity index (χ3n) is 1.71. The second-order valence-electron chi connectivity index (χ2n) is 2.52. The fraction of sp³-hybridized carbons (Fsp3) is 0.125. The van der Waals surface area contributed by atoms with E-state index in [1.54, 1.807) is 0 Å². The van der Waals surface area contributed by atoms with Crippen molar-refractivity contribution in [2.75, 3.05) is 7.11 Å². The Morgan fingerprint density at radius 2 is 2.21 bits per heavy atom. The van der Waals surface area contributed by atoms with Gasteiger partial charge in [0, 0.05) is 6.07 Å². The van der Waals surface area contributed by atoms with Gasteiger partial charge >= 0.3 is 0 Å². The summed E-state index contributed by atoms with van der Waals surface area (Å²) in [5.74, 6) is -1.81. The van der Waals surface area contributed by atoms with Crippen molar-refractivity contribution in [3.05, 3.63) is 21.6 Å². The van der Waals surface area contributed by atoms with Crippen LogP contribution in [0, 0.1) is 11.6 Å². The SMILES string of the molecule is COc1c(F)cc2nc(Br)sc2c1F. The molecule has 2 rings (SSSR count). The Labute approximate surface area is 90.7 Å². The fourth-order valence-corrected chi connectivity index (χ4v) is 2.52. The highest BCUT2D eigenvalue weighted by atomic mass is 79.9. The summed E-state index contributed by atoms with van der Waals surface area (Å²) in [5.41, 5.74) is 0.290. The maximum absolute atomic E-state index is 13.5. The van der Waals surface area contributed by atoms with Gasteiger partial charge in [0.2, 0.25) is 0 Å². The summed E-state index contributed by atoms with van der Waals surface area (Å²) in [7, 11) is 1.23. The molecule has 0 atom stereocenters. The molecule has 0 N–H and O–H groups in total. The Balaban J connectivity index is 2.84. The van der Waals surface area contributed by atoms with Crippen LogP contribution in [0.25, 0.3) is 10.2 Å². The predicted molar refractivity (Wildman–Crippen MR) is 53.8 cm³/mol. The molecule has 0 saturated carbocycles. The maximum Gasteiger partial charge on any atom is 0.192 e. The molecule has 0 aliphatic heterocycles. The van der Waals surface area contributed by atoms with E-state index < -0.39 is 11.6 Å². The molecule has 74 valence electrons. The summed E-state index contributed by atoms with van der Waals surface area (Å²) in [6.45, 7) is 0. The van der Waals surface area contributed by atoms with Crippen molar-refractivity contribution in [3.8, 4) is 5.75 Å². The highest BCUT2D eigenvalue weighted by molar-refractivity contribution is 9.11. The first-order valence-electron chi connectivity index (χ1n) is 3.61. The lowest BCUT2D eigenvalue weighted by Crippen LogP contribution is -1.92. The molecule has 0 aliphatic rings. The van der Waals surface area contributed by atoms with Gasteiger partial charge in [-0.2, -0.15) is 0 Å². The van der Waals surface area contributed by atoms with Gasteiger partial charge in [-0.05, 0) is 15.9 Å². The van der Waals surface area contributed by atoms with Crippen molar-refractivity contribution in [2.45, 2.75) is 0 Å². The smallest absolute Gasteiger partial charge is 0.192 e. The van der Waals surface area contributed by atoms with E-state index in [-0.39, 0.29) is 16.0 Å². The normalized spacial score (nSPS) is 10.9. The zero-order valence-electron chi connectivity index (χ0n) is 6.97. The lowest BCUT2D eigenvalue weighted by molar-refractivity contribution is 0.363. The molecule has 0 unspecified atom stereocenters. The van der Waals surface area contributed by atoms with Crippen molar-refractivity contribution >= 4 is 37.5 Å². The number of hydrogen-bond donors (Lipinski definition) is 0. The minimum Gasteiger partial charge on any atom is -0.491 e. The molecule has 0 saturated heterocycles. The predicted octanol–water partition coefficient (Wildman–Crippen LogP) is 3.35. The van der Waals surface area contributed by atoms with Crippen LogP contribution in [0.4, 0.5) is 8.78 Å². The number of ether oxygens (including phenoxy) is 1. The number of methoxy groups -OCH3 is 1. The first-order valence-corrected chi connectivity index (χ1v) is 5.22. The second kappa shape index (κ2) is 3.43. The van der Waals surface area contributed by atoms with Gasteiger partial charge in [0.25, 0.3) is 0 Å². The van der Waals surface area contributed by atoms with Crippen molar-refractivity contribution in [1.82, 2.24) is 4.98 Å². The summed E-state index contributed by atoms with van der Waals surface area (Å²) in [6, 6.07) is 1.15. The molecular formula is C8H4BrF2NOS. The molecular weight excluding hydrogens is 276 g/mol. The number of nitrogens with zero attached hydrogens (tertiary/aromatic N) is 1. The number of halogens is 3. The largest absolute Gasteiger partial charge is 0.491 e. The minimum atomic E-state index is -0.740. The Kier molecular flexibility index (Phi) is 2.40. The van der Waals surface area contributed by atoms with Gasteiger partial charge in [0.05, 0.1) is 17.3 Å². The van der Waals surface area contributed by atoms with Crippen LogP contribution in [-0.4, -0.2) is 12.1 Å². The highest BCUT2D eigenvalue weighted by Gasteiger charge is 2.17. The average molecular weight is 280 g/mol. The highest BCUT2D eigenvalue weighted by Crippen LogP contribution is 2.34. The minimum absolute atomic E-state index is 0.287. The van der Waals surface area contributed by atoms with Crippen LogP contribution in [0.15, 0.2) is 9.98 Å². The molecule has 2 nitrogen and oxygen atoms in total. The molecule has 0 aliphatic carbocycles. The Hall–Kier alpha value is -0.750. The zero-order chi connectivity index (χ0) is 10.3. The standard InChI is InChI=1S/C8H4BrF2NOS/c1-13-6-3(10)2-4-7(5(6)11)14-8(9)12-4/h2H,1H3. The fourth-order valence-electron chi connectivity index (χ4n) is 1.14. The van der Waals surface area contributed by atoms with Gasteiger partial charge in [-0.3, -0.25) is 0 Å². The molecule has 1 aromatic carbocycles. The molecule has 0 bridgehead atoms. The Bertz CT molecular complexity index is 500. The van der Waals surface area contributed by atoms with E-state index in [4.69, 9.17) is 0 Å². The molecule has 0 radical (unpaired) electrons. The third kappa shape index (κ3) is 1.38. The van der Waals surface area contributed by atoms with Crippen LogP contribution in [0.3, 0.4) is 0 Å². The summed E-state index contributed by atoms with van der Waals surface area (Å²) >= 11 is 4.21. The monoisotopic (exact) mass is 279 g/mol. The van der Waals surface area contributed by atoms with Gasteiger partial charge in [0.15, 0.2) is 21.3 Å². The van der Waals surface area contributed by atoms with E-state index in [0.29, 0.717) is 3.92 Å². The topological polar surface area (TPSA) is 22.1 Å². The van der Waals surface area contributed by atoms with E-state index in [9.17, 15) is 8.78 Å². The number of fused-ring (bicyclic) bond motifs is 1. The number of hydrogen-bond acceptors (Lipinski definition) is 3. The molecule has 6 heteroatoms. The van der Waals surface area contributed by atoms with Gasteiger partial charge < -0.3 is 4.74 Å². The average Bonchev–Trinajstić information content (AvgIpc) is 2.47. The van der Waals surface area contributed by atoms with E-state index in [1.807, 2.05) is 0 Å². The van der Waals surface area contributed by atoms with Crippen molar-refractivity contribution < 1.29 is 13.5 Å². The van der Waals surface area contributed by atoms with Crippen molar-refractivity contribution in [2.24, 2.45) is 0 Å². The van der Waals surface area contributed by atoms with Crippen LogP contribution in [0.5, 0.6) is 5.75 Å². The van der Waals surface area contributed by atoms with Crippen molar-refractivity contribution in [3.63, 3.8) is 0 Å². The molecule has 1 heterocycles. The molecule has 14 heavy (non-hydrogen) atoms. The van der Waals surface area contributed by atoms with E-state index in [2.05, 4.69) is 25.7 Å². The van der Waals surface area contributed by atoms with Gasteiger partial charge in [-0.1, -0.05) is 0 Å². The third-order valence-corrected chi connectivity index (χ3v) is 3.23. The summed E-state index contributed by atoms with van der Waals surface area (Å²) in [5, 5.41) is 0. The van der Waals surface area contributed by atoms with Gasteiger partial charge in [-0.25, -0.2) is 13.8 Å². The van der Waals surface area contributed by atoms with Crippen LogP contribution < -0.4 is 4.74 Å². The van der Waals surface area contributed by atoms with E-state index in [0.717, 1.165) is 17.4 Å². The van der Waals surface area contributed by atoms with Crippen LogP contribution in [0.2, 0.25) is 0 Å². The van der Waals surface area contributed by atoms with Crippen LogP contribution in [0.1, 0.15) is 0 Å². The lowest BCUT2D eigenvalue weighted by atomic mass is 10.3. The molecule has 0 amide bonds. The van der Waals surface area contributed by atoms with E-state index >= 15 is 0 Å². The first kappa shape index (κ1) is 9.79. The van der Waals surface area contributed by atoms with Crippen LogP contribution >= 0.6 is 27.3 Å². The number of aromatic nitrogens is 1. The van der Waals surface area contributed by atoms with Crippen LogP contribution in [-0.2, 0) is 0 Å². The van der Waals surface area contributed by atoms with E-state index in [1.165, 1.54) is 7.11 Å². The van der Waals surface area contributed by atoms with Gasteiger partial charge in [0.1, 0.15) is 0 Å². The summed E-state index contributed by atoms with van der Waals surface area (Å²) in [4.78, 5) is 3.91. The number of thiazole rings is 1. The van der Waals surface area contributed by atoms with Gasteiger partial charge in [-0.15, -0.1) is 11.3 Å². The molecule has 0 fully saturated rings. The summed E-state index contributed by atoms with van der Waals surface area (Å²) < 4.78 is 32.1. The molecule has 0 spiro atoms.